The van der Waals surface area contributed by atoms with Crippen LogP contribution >= 0.6 is 19.6 Å². The van der Waals surface area contributed by atoms with Crippen molar-refractivity contribution in [2.45, 2.75) is 108 Å². The van der Waals surface area contributed by atoms with Crippen molar-refractivity contribution in [2.75, 3.05) is 39.6 Å². The Kier molecular flexibility index (Phi) is 14.3. The highest BCUT2D eigenvalue weighted by atomic mass is 32.2. The average molecular weight is 589 g/mol. The molecule has 2 aliphatic heterocycles. The molecule has 224 valence electrons. The van der Waals surface area contributed by atoms with Crippen LogP contribution in [0.5, 0.6) is 0 Å². The topological polar surface area (TPSA) is 81.7 Å². The SMILES string of the molecule is CCCCOCC1OC(Sc2ccccc2)C(OP2(=O)OCC(C)(C)CO2)C(OCCCC)C1OCCCC. The summed E-state index contributed by atoms with van der Waals surface area (Å²) >= 11 is 1.51. The maximum absolute atomic E-state index is 13.7. The van der Waals surface area contributed by atoms with Crippen molar-refractivity contribution in [3.05, 3.63) is 30.3 Å². The molecule has 5 unspecified atom stereocenters. The number of ether oxygens (including phenoxy) is 4. The summed E-state index contributed by atoms with van der Waals surface area (Å²) in [5.74, 6) is 0. The molecule has 2 aliphatic rings. The van der Waals surface area contributed by atoms with Gasteiger partial charge in [0, 0.05) is 30.1 Å². The summed E-state index contributed by atoms with van der Waals surface area (Å²) in [6.45, 7) is 13.1. The predicted molar refractivity (Wildman–Crippen MR) is 154 cm³/mol. The van der Waals surface area contributed by atoms with E-state index in [1.54, 1.807) is 0 Å². The highest BCUT2D eigenvalue weighted by Gasteiger charge is 2.52. The molecule has 0 saturated carbocycles. The zero-order valence-corrected chi connectivity index (χ0v) is 26.1. The molecule has 1 aromatic carbocycles. The van der Waals surface area contributed by atoms with Gasteiger partial charge in [-0.05, 0) is 31.4 Å². The summed E-state index contributed by atoms with van der Waals surface area (Å²) in [7, 11) is -3.85. The van der Waals surface area contributed by atoms with Crippen molar-refractivity contribution in [1.29, 1.82) is 0 Å². The molecule has 2 saturated heterocycles. The smallest absolute Gasteiger partial charge is 0.379 e. The van der Waals surface area contributed by atoms with Gasteiger partial charge in [0.05, 0.1) is 19.8 Å². The molecule has 0 amide bonds. The van der Waals surface area contributed by atoms with Crippen LogP contribution < -0.4 is 0 Å². The van der Waals surface area contributed by atoms with Crippen LogP contribution in [0.2, 0.25) is 0 Å². The Morgan fingerprint density at radius 3 is 2.08 bits per heavy atom. The number of benzene rings is 1. The Hall–Kier alpha value is -0.480. The van der Waals surface area contributed by atoms with Crippen LogP contribution in [0, 0.1) is 5.41 Å². The molecular formula is C29H49O8PS. The Morgan fingerprint density at radius 1 is 0.872 bits per heavy atom. The molecule has 3 rings (SSSR count). The van der Waals surface area contributed by atoms with Crippen LogP contribution in [-0.4, -0.2) is 69.5 Å². The van der Waals surface area contributed by atoms with Crippen LogP contribution in [0.1, 0.15) is 73.1 Å². The fraction of sp³-hybridized carbons (Fsp3) is 0.793. The summed E-state index contributed by atoms with van der Waals surface area (Å²) in [5.41, 5.74) is -0.791. The van der Waals surface area contributed by atoms with Crippen molar-refractivity contribution in [3.63, 3.8) is 0 Å². The fourth-order valence-electron chi connectivity index (χ4n) is 4.21. The van der Waals surface area contributed by atoms with E-state index in [4.69, 9.17) is 32.5 Å². The van der Waals surface area contributed by atoms with Gasteiger partial charge in [0.25, 0.3) is 0 Å². The summed E-state index contributed by atoms with van der Waals surface area (Å²) in [6, 6.07) is 9.98. The van der Waals surface area contributed by atoms with Gasteiger partial charge in [0.1, 0.15) is 29.9 Å². The Balaban J connectivity index is 1.92. The lowest BCUT2D eigenvalue weighted by Crippen LogP contribution is -2.60. The van der Waals surface area contributed by atoms with E-state index in [0.29, 0.717) is 26.4 Å². The van der Waals surface area contributed by atoms with E-state index in [2.05, 4.69) is 20.8 Å². The van der Waals surface area contributed by atoms with Crippen LogP contribution in [0.3, 0.4) is 0 Å². The van der Waals surface area contributed by atoms with Gasteiger partial charge in [0.2, 0.25) is 0 Å². The molecule has 2 heterocycles. The number of rotatable bonds is 17. The van der Waals surface area contributed by atoms with E-state index in [9.17, 15) is 4.57 Å². The van der Waals surface area contributed by atoms with Gasteiger partial charge < -0.3 is 18.9 Å². The third kappa shape index (κ3) is 10.7. The van der Waals surface area contributed by atoms with E-state index >= 15 is 0 Å². The molecule has 10 heteroatoms. The van der Waals surface area contributed by atoms with Crippen molar-refractivity contribution in [2.24, 2.45) is 5.41 Å². The van der Waals surface area contributed by atoms with Gasteiger partial charge >= 0.3 is 7.82 Å². The van der Waals surface area contributed by atoms with Crippen LogP contribution in [0.4, 0.5) is 0 Å². The number of hydrogen-bond donors (Lipinski definition) is 0. The second-order valence-corrected chi connectivity index (χ2v) is 13.8. The predicted octanol–water partition coefficient (Wildman–Crippen LogP) is 7.26. The third-order valence-electron chi connectivity index (χ3n) is 6.60. The molecule has 0 aromatic heterocycles. The largest absolute Gasteiger partial charge is 0.475 e. The van der Waals surface area contributed by atoms with E-state index in [1.807, 2.05) is 44.2 Å². The summed E-state index contributed by atoms with van der Waals surface area (Å²) in [6.07, 6.45) is 3.70. The highest BCUT2D eigenvalue weighted by Crippen LogP contribution is 2.57. The van der Waals surface area contributed by atoms with E-state index < -0.39 is 31.6 Å². The molecule has 0 N–H and O–H groups in total. The first-order valence-corrected chi connectivity index (χ1v) is 16.9. The van der Waals surface area contributed by atoms with Gasteiger partial charge in [-0.1, -0.05) is 83.8 Å². The molecule has 0 spiro atoms. The van der Waals surface area contributed by atoms with Crippen LogP contribution in [-0.2, 0) is 37.1 Å². The Morgan fingerprint density at radius 2 is 1.46 bits per heavy atom. The maximum atomic E-state index is 13.7. The first kappa shape index (κ1) is 33.0. The first-order chi connectivity index (χ1) is 18.8. The number of phosphoric ester groups is 1. The van der Waals surface area contributed by atoms with Crippen molar-refractivity contribution >= 4 is 19.6 Å². The number of unbranched alkanes of at least 4 members (excludes halogenated alkanes) is 3. The fourth-order valence-corrected chi connectivity index (χ4v) is 7.16. The van der Waals surface area contributed by atoms with Gasteiger partial charge in [-0.2, -0.15) is 0 Å². The quantitative estimate of drug-likeness (QED) is 0.138. The van der Waals surface area contributed by atoms with Gasteiger partial charge in [-0.25, -0.2) is 4.57 Å². The summed E-state index contributed by atoms with van der Waals surface area (Å²) in [4.78, 5) is 1.00. The van der Waals surface area contributed by atoms with E-state index in [-0.39, 0.29) is 24.7 Å². The molecule has 2 fully saturated rings. The van der Waals surface area contributed by atoms with Crippen molar-refractivity contribution in [1.82, 2.24) is 0 Å². The maximum Gasteiger partial charge on any atom is 0.475 e. The molecule has 0 radical (unpaired) electrons. The molecule has 0 bridgehead atoms. The van der Waals surface area contributed by atoms with Gasteiger partial charge in [-0.15, -0.1) is 0 Å². The second kappa shape index (κ2) is 16.8. The molecule has 8 nitrogen and oxygen atoms in total. The lowest BCUT2D eigenvalue weighted by molar-refractivity contribution is -0.236. The van der Waals surface area contributed by atoms with Gasteiger partial charge in [-0.3, -0.25) is 13.6 Å². The van der Waals surface area contributed by atoms with E-state index in [0.717, 1.165) is 43.4 Å². The summed E-state index contributed by atoms with van der Waals surface area (Å²) < 4.78 is 57.1. The van der Waals surface area contributed by atoms with E-state index in [1.165, 1.54) is 11.8 Å². The van der Waals surface area contributed by atoms with Gasteiger partial charge in [0.15, 0.2) is 0 Å². The number of hydrogen-bond acceptors (Lipinski definition) is 9. The van der Waals surface area contributed by atoms with Crippen LogP contribution in [0.15, 0.2) is 35.2 Å². The number of thioether (sulfide) groups is 1. The minimum atomic E-state index is -3.85. The van der Waals surface area contributed by atoms with Crippen LogP contribution in [0.25, 0.3) is 0 Å². The van der Waals surface area contributed by atoms with Crippen molar-refractivity contribution in [3.8, 4) is 0 Å². The standard InChI is InChI=1S/C29H49O8PS/c1-6-9-17-31-20-24-25(32-18-10-7-2)26(33-19-11-8-3)27(28(36-24)39-23-15-13-12-14-16-23)37-38(30)34-21-29(4,5)22-35-38/h12-16,24-28H,6-11,17-22H2,1-5H3. The lowest BCUT2D eigenvalue weighted by Gasteiger charge is -2.46. The molecule has 5 atom stereocenters. The normalized spacial score (nSPS) is 28.4. The molecule has 1 aromatic rings. The minimum absolute atomic E-state index is 0.248. The second-order valence-electron chi connectivity index (χ2n) is 11.0. The average Bonchev–Trinajstić information content (AvgIpc) is 2.92. The van der Waals surface area contributed by atoms with Crippen molar-refractivity contribution < 1.29 is 37.1 Å². The Labute approximate surface area is 239 Å². The third-order valence-corrected chi connectivity index (χ3v) is 9.15. The lowest BCUT2D eigenvalue weighted by atomic mass is 9.97. The minimum Gasteiger partial charge on any atom is -0.379 e. The first-order valence-electron chi connectivity index (χ1n) is 14.6. The summed E-state index contributed by atoms with van der Waals surface area (Å²) in [5, 5.41) is 0. The highest BCUT2D eigenvalue weighted by molar-refractivity contribution is 7.99. The zero-order chi connectivity index (χ0) is 28.1. The zero-order valence-electron chi connectivity index (χ0n) is 24.4. The monoisotopic (exact) mass is 588 g/mol. The Bertz CT molecular complexity index is 843. The molecule has 39 heavy (non-hydrogen) atoms. The molecular weight excluding hydrogens is 539 g/mol. The molecule has 0 aliphatic carbocycles. The number of phosphoric acid groups is 1.